The average Bonchev–Trinajstić information content (AvgIpc) is 3.05. The number of ether oxygens (including phenoxy) is 1. The Balaban J connectivity index is 1.97. The first kappa shape index (κ1) is 20.3. The Morgan fingerprint density at radius 2 is 1.74 bits per heavy atom. The first-order chi connectivity index (χ1) is 14.9. The quantitative estimate of drug-likeness (QED) is 0.391. The summed E-state index contributed by atoms with van der Waals surface area (Å²) in [7, 11) is 1.46. The Labute approximate surface area is 178 Å². The average molecular weight is 418 g/mol. The van der Waals surface area contributed by atoms with Crippen LogP contribution in [0, 0.1) is 12.7 Å². The van der Waals surface area contributed by atoms with E-state index in [1.165, 1.54) is 48.7 Å². The van der Waals surface area contributed by atoms with Crippen LogP contribution in [-0.4, -0.2) is 28.9 Å². The molecule has 1 fully saturated rings. The number of aromatic nitrogens is 1. The zero-order valence-electron chi connectivity index (χ0n) is 16.9. The number of rotatable bonds is 4. The van der Waals surface area contributed by atoms with Gasteiger partial charge in [-0.15, -0.1) is 0 Å². The van der Waals surface area contributed by atoms with Gasteiger partial charge in [0, 0.05) is 18.1 Å². The molecule has 6 nitrogen and oxygen atoms in total. The maximum Gasteiger partial charge on any atom is 0.300 e. The highest BCUT2D eigenvalue weighted by atomic mass is 19.1. The number of Topliss-reactive ketones (excluding diaryl/α,β-unsaturated/α-hetero) is 1. The Morgan fingerprint density at radius 1 is 1.06 bits per heavy atom. The number of benzene rings is 2. The number of aliphatic hydroxyl groups is 1. The summed E-state index contributed by atoms with van der Waals surface area (Å²) in [6.07, 6.45) is 3.07. The Hall–Kier alpha value is -4.00. The van der Waals surface area contributed by atoms with Crippen molar-refractivity contribution in [2.45, 2.75) is 13.0 Å². The molecule has 1 N–H and O–H groups in total. The number of pyridine rings is 1. The van der Waals surface area contributed by atoms with Gasteiger partial charge in [-0.1, -0.05) is 11.6 Å². The van der Waals surface area contributed by atoms with Crippen LogP contribution in [0.5, 0.6) is 5.75 Å². The SMILES string of the molecule is COc1ccc(C)cc1/C(O)=C1\C(=O)C(=O)N(c2ccc(F)cc2)C1c1ccncc1. The van der Waals surface area contributed by atoms with Crippen molar-refractivity contribution in [3.63, 3.8) is 0 Å². The topological polar surface area (TPSA) is 79.7 Å². The number of amides is 1. The molecule has 1 aliphatic rings. The molecule has 1 amide bonds. The summed E-state index contributed by atoms with van der Waals surface area (Å²) >= 11 is 0. The Bertz CT molecular complexity index is 1190. The number of nitrogens with zero attached hydrogens (tertiary/aromatic N) is 2. The normalized spacial score (nSPS) is 17.8. The number of carbonyl (C=O) groups excluding carboxylic acids is 2. The van der Waals surface area contributed by atoms with Crippen LogP contribution >= 0.6 is 0 Å². The van der Waals surface area contributed by atoms with E-state index in [2.05, 4.69) is 4.98 Å². The highest BCUT2D eigenvalue weighted by molar-refractivity contribution is 6.51. The molecule has 0 bridgehead atoms. The van der Waals surface area contributed by atoms with Gasteiger partial charge in [0.05, 0.1) is 24.3 Å². The van der Waals surface area contributed by atoms with Crippen LogP contribution in [0.15, 0.2) is 72.6 Å². The third-order valence-corrected chi connectivity index (χ3v) is 5.18. The zero-order valence-corrected chi connectivity index (χ0v) is 16.9. The number of ketones is 1. The van der Waals surface area contributed by atoms with Crippen LogP contribution < -0.4 is 9.64 Å². The van der Waals surface area contributed by atoms with Gasteiger partial charge >= 0.3 is 0 Å². The summed E-state index contributed by atoms with van der Waals surface area (Å²) in [5.41, 5.74) is 1.98. The highest BCUT2D eigenvalue weighted by Crippen LogP contribution is 2.43. The van der Waals surface area contributed by atoms with Gasteiger partial charge in [-0.05, 0) is 61.0 Å². The molecular formula is C24H19FN2O4. The van der Waals surface area contributed by atoms with Gasteiger partial charge in [-0.2, -0.15) is 0 Å². The fraction of sp³-hybridized carbons (Fsp3) is 0.125. The maximum atomic E-state index is 13.5. The second kappa shape index (κ2) is 8.02. The fourth-order valence-electron chi connectivity index (χ4n) is 3.71. The lowest BCUT2D eigenvalue weighted by Crippen LogP contribution is -2.29. The summed E-state index contributed by atoms with van der Waals surface area (Å²) in [5.74, 6) is -2.10. The molecule has 156 valence electrons. The molecule has 2 aromatic carbocycles. The lowest BCUT2D eigenvalue weighted by Gasteiger charge is -2.25. The van der Waals surface area contributed by atoms with Crippen molar-refractivity contribution in [1.82, 2.24) is 4.98 Å². The van der Waals surface area contributed by atoms with Crippen molar-refractivity contribution in [2.24, 2.45) is 0 Å². The molecule has 3 aromatic rings. The van der Waals surface area contributed by atoms with E-state index in [9.17, 15) is 19.1 Å². The van der Waals surface area contributed by atoms with E-state index in [-0.39, 0.29) is 11.3 Å². The molecule has 1 unspecified atom stereocenters. The number of aryl methyl sites for hydroxylation is 1. The van der Waals surface area contributed by atoms with Crippen LogP contribution in [0.3, 0.4) is 0 Å². The molecular weight excluding hydrogens is 399 g/mol. The third kappa shape index (κ3) is 3.54. The zero-order chi connectivity index (χ0) is 22.1. The summed E-state index contributed by atoms with van der Waals surface area (Å²) in [4.78, 5) is 31.4. The van der Waals surface area contributed by atoms with E-state index in [1.54, 1.807) is 24.3 Å². The Kier molecular flexibility index (Phi) is 5.25. The van der Waals surface area contributed by atoms with Crippen molar-refractivity contribution < 1.29 is 23.8 Å². The largest absolute Gasteiger partial charge is 0.507 e. The molecule has 31 heavy (non-hydrogen) atoms. The minimum atomic E-state index is -0.918. The first-order valence-corrected chi connectivity index (χ1v) is 9.54. The van der Waals surface area contributed by atoms with E-state index in [1.807, 2.05) is 13.0 Å². The van der Waals surface area contributed by atoms with Crippen molar-refractivity contribution in [1.29, 1.82) is 0 Å². The van der Waals surface area contributed by atoms with Crippen LogP contribution in [0.25, 0.3) is 5.76 Å². The summed E-state index contributed by atoms with van der Waals surface area (Å²) in [5, 5.41) is 11.2. The van der Waals surface area contributed by atoms with Crippen molar-refractivity contribution in [3.8, 4) is 5.75 Å². The predicted molar refractivity (Wildman–Crippen MR) is 113 cm³/mol. The van der Waals surface area contributed by atoms with E-state index < -0.39 is 23.5 Å². The Morgan fingerprint density at radius 3 is 2.39 bits per heavy atom. The molecule has 7 heteroatoms. The second-order valence-electron chi connectivity index (χ2n) is 7.13. The first-order valence-electron chi connectivity index (χ1n) is 9.54. The monoisotopic (exact) mass is 418 g/mol. The lowest BCUT2D eigenvalue weighted by atomic mass is 9.95. The van der Waals surface area contributed by atoms with Gasteiger partial charge in [-0.25, -0.2) is 4.39 Å². The van der Waals surface area contributed by atoms with Crippen LogP contribution in [0.2, 0.25) is 0 Å². The van der Waals surface area contributed by atoms with E-state index in [0.717, 1.165) is 5.56 Å². The van der Waals surface area contributed by atoms with Crippen molar-refractivity contribution >= 4 is 23.1 Å². The molecule has 1 atom stereocenters. The highest BCUT2D eigenvalue weighted by Gasteiger charge is 2.47. The van der Waals surface area contributed by atoms with Gasteiger partial charge in [-0.3, -0.25) is 19.5 Å². The molecule has 0 radical (unpaired) electrons. The molecule has 1 aromatic heterocycles. The van der Waals surface area contributed by atoms with Gasteiger partial charge < -0.3 is 9.84 Å². The fourth-order valence-corrected chi connectivity index (χ4v) is 3.71. The summed E-state index contributed by atoms with van der Waals surface area (Å²) in [6, 6.07) is 12.8. The molecule has 2 heterocycles. The number of halogens is 1. The smallest absolute Gasteiger partial charge is 0.300 e. The van der Waals surface area contributed by atoms with Crippen molar-refractivity contribution in [2.75, 3.05) is 12.0 Å². The lowest BCUT2D eigenvalue weighted by molar-refractivity contribution is -0.132. The molecule has 1 saturated heterocycles. The second-order valence-corrected chi connectivity index (χ2v) is 7.13. The number of hydrogen-bond acceptors (Lipinski definition) is 5. The van der Waals surface area contributed by atoms with Gasteiger partial charge in [0.15, 0.2) is 0 Å². The standard InChI is InChI=1S/C24H19FN2O4/c1-14-3-8-19(31-2)18(13-14)22(28)20-21(15-9-11-26-12-10-15)27(24(30)23(20)29)17-6-4-16(25)5-7-17/h3-13,21,28H,1-2H3/b22-20+. The van der Waals surface area contributed by atoms with Gasteiger partial charge in [0.25, 0.3) is 11.7 Å². The van der Waals surface area contributed by atoms with Gasteiger partial charge in [0.2, 0.25) is 0 Å². The van der Waals surface area contributed by atoms with E-state index in [4.69, 9.17) is 4.74 Å². The van der Waals surface area contributed by atoms with Crippen LogP contribution in [-0.2, 0) is 9.59 Å². The van der Waals surface area contributed by atoms with E-state index in [0.29, 0.717) is 22.6 Å². The minimum absolute atomic E-state index is 0.0792. The van der Waals surface area contributed by atoms with Crippen LogP contribution in [0.4, 0.5) is 10.1 Å². The number of aliphatic hydroxyl groups excluding tert-OH is 1. The van der Waals surface area contributed by atoms with Crippen LogP contribution in [0.1, 0.15) is 22.7 Å². The molecule has 0 saturated carbocycles. The maximum absolute atomic E-state index is 13.5. The molecule has 4 rings (SSSR count). The number of methoxy groups -OCH3 is 1. The minimum Gasteiger partial charge on any atom is -0.507 e. The molecule has 1 aliphatic heterocycles. The number of anilines is 1. The molecule has 0 aliphatic carbocycles. The summed E-state index contributed by atoms with van der Waals surface area (Å²) < 4.78 is 18.8. The van der Waals surface area contributed by atoms with Gasteiger partial charge in [0.1, 0.15) is 17.3 Å². The van der Waals surface area contributed by atoms with E-state index >= 15 is 0 Å². The number of hydrogen-bond donors (Lipinski definition) is 1. The molecule has 0 spiro atoms. The summed E-state index contributed by atoms with van der Waals surface area (Å²) in [6.45, 7) is 1.84. The number of carbonyl (C=O) groups is 2. The third-order valence-electron chi connectivity index (χ3n) is 5.18. The van der Waals surface area contributed by atoms with Crippen molar-refractivity contribution in [3.05, 3.63) is 95.1 Å². The predicted octanol–water partition coefficient (Wildman–Crippen LogP) is 4.16.